The largest absolute Gasteiger partial charge is 0.387 e. The number of hydrogen-bond acceptors (Lipinski definition) is 6. The molecule has 8 nitrogen and oxygen atoms in total. The monoisotopic (exact) mass is 397 g/mol. The number of aliphatic hydroxyl groups is 1. The number of nitrogens with zero attached hydrogens (tertiary/aromatic N) is 2. The summed E-state index contributed by atoms with van der Waals surface area (Å²) in [4.78, 5) is 29.2. The Bertz CT molecular complexity index is 1030. The maximum absolute atomic E-state index is 12.7. The zero-order chi connectivity index (χ0) is 20.4. The van der Waals surface area contributed by atoms with Crippen molar-refractivity contribution in [2.24, 2.45) is 5.41 Å². The number of aromatic nitrogens is 2. The Balaban J connectivity index is 1.43. The maximum atomic E-state index is 12.7. The van der Waals surface area contributed by atoms with Crippen LogP contribution in [0.1, 0.15) is 41.9 Å². The minimum Gasteiger partial charge on any atom is -0.387 e. The molecule has 3 fully saturated rings. The summed E-state index contributed by atoms with van der Waals surface area (Å²) in [5.74, 6) is -0.137. The van der Waals surface area contributed by atoms with Gasteiger partial charge in [0.15, 0.2) is 6.23 Å². The van der Waals surface area contributed by atoms with Gasteiger partial charge >= 0.3 is 5.69 Å². The highest BCUT2D eigenvalue weighted by atomic mass is 16.6. The molecular formula is C21H23N3O5. The zero-order valence-electron chi connectivity index (χ0n) is 16.3. The third-order valence-corrected chi connectivity index (χ3v) is 6.59. The van der Waals surface area contributed by atoms with Gasteiger partial charge in [0.05, 0.1) is 6.61 Å². The van der Waals surface area contributed by atoms with E-state index < -0.39 is 29.7 Å². The second-order valence-corrected chi connectivity index (χ2v) is 8.46. The minimum atomic E-state index is -0.787. The molecule has 5 rings (SSSR count). The van der Waals surface area contributed by atoms with E-state index >= 15 is 0 Å². The molecule has 3 aliphatic rings. The number of fused-ring (bicyclic) bond motifs is 2. The molecule has 2 bridgehead atoms. The molecule has 152 valence electrons. The lowest BCUT2D eigenvalue weighted by Gasteiger charge is -2.36. The molecule has 4 atom stereocenters. The predicted octanol–water partition coefficient (Wildman–Crippen LogP) is 1.63. The molecule has 2 aromatic rings. The average molecular weight is 397 g/mol. The van der Waals surface area contributed by atoms with Crippen LogP contribution < -0.4 is 11.0 Å². The second-order valence-electron chi connectivity index (χ2n) is 8.46. The number of nitrogens with one attached hydrogen (secondary N) is 1. The Morgan fingerprint density at radius 1 is 1.31 bits per heavy atom. The summed E-state index contributed by atoms with van der Waals surface area (Å²) in [5.41, 5.74) is -0.392. The molecule has 0 radical (unpaired) electrons. The SMILES string of the molecule is Cc1cn([C@@H]2O[C@@]3(C4(C)CC4)CO[C@H]2C3O)c(=O)nc1NC(=O)c1ccccc1. The van der Waals surface area contributed by atoms with Crippen molar-refractivity contribution in [2.75, 3.05) is 11.9 Å². The van der Waals surface area contributed by atoms with E-state index in [0.717, 1.165) is 12.8 Å². The van der Waals surface area contributed by atoms with Crippen molar-refractivity contribution < 1.29 is 19.4 Å². The van der Waals surface area contributed by atoms with Crippen molar-refractivity contribution in [3.8, 4) is 0 Å². The fourth-order valence-electron chi connectivity index (χ4n) is 4.43. The van der Waals surface area contributed by atoms with Crippen molar-refractivity contribution in [3.63, 3.8) is 0 Å². The predicted molar refractivity (Wildman–Crippen MR) is 104 cm³/mol. The summed E-state index contributed by atoms with van der Waals surface area (Å²) >= 11 is 0. The van der Waals surface area contributed by atoms with E-state index in [9.17, 15) is 14.7 Å². The number of benzene rings is 1. The van der Waals surface area contributed by atoms with Gasteiger partial charge in [-0.3, -0.25) is 9.36 Å². The Labute approximate surface area is 167 Å². The number of anilines is 1. The van der Waals surface area contributed by atoms with Crippen LogP contribution in [0.25, 0.3) is 0 Å². The molecule has 2 saturated heterocycles. The van der Waals surface area contributed by atoms with E-state index in [1.807, 2.05) is 6.07 Å². The summed E-state index contributed by atoms with van der Waals surface area (Å²) in [6.45, 7) is 4.17. The molecule has 29 heavy (non-hydrogen) atoms. The quantitative estimate of drug-likeness (QED) is 0.813. The molecule has 1 unspecified atom stereocenters. The van der Waals surface area contributed by atoms with Gasteiger partial charge in [-0.05, 0) is 31.9 Å². The van der Waals surface area contributed by atoms with Gasteiger partial charge in [-0.15, -0.1) is 0 Å². The fraction of sp³-hybridized carbons (Fsp3) is 0.476. The molecule has 1 saturated carbocycles. The number of carbonyl (C=O) groups is 1. The molecule has 1 aromatic heterocycles. The lowest BCUT2D eigenvalue weighted by atomic mass is 9.83. The third kappa shape index (κ3) is 2.67. The average Bonchev–Trinajstić information content (AvgIpc) is 3.32. The first-order valence-corrected chi connectivity index (χ1v) is 9.78. The van der Waals surface area contributed by atoms with Gasteiger partial charge in [0.1, 0.15) is 23.6 Å². The minimum absolute atomic E-state index is 0.133. The van der Waals surface area contributed by atoms with Crippen LogP contribution in [-0.4, -0.2) is 45.0 Å². The van der Waals surface area contributed by atoms with Gasteiger partial charge in [-0.25, -0.2) is 4.79 Å². The van der Waals surface area contributed by atoms with Crippen LogP contribution in [-0.2, 0) is 9.47 Å². The van der Waals surface area contributed by atoms with Gasteiger partial charge in [0.2, 0.25) is 0 Å². The zero-order valence-corrected chi connectivity index (χ0v) is 16.3. The fourth-order valence-corrected chi connectivity index (χ4v) is 4.43. The van der Waals surface area contributed by atoms with Gasteiger partial charge in [-0.2, -0.15) is 4.98 Å². The lowest BCUT2D eigenvalue weighted by molar-refractivity contribution is -0.198. The van der Waals surface area contributed by atoms with Gasteiger partial charge in [0, 0.05) is 22.7 Å². The Morgan fingerprint density at radius 3 is 2.72 bits per heavy atom. The molecule has 2 N–H and O–H groups in total. The van der Waals surface area contributed by atoms with Gasteiger partial charge in [0.25, 0.3) is 5.91 Å². The van der Waals surface area contributed by atoms with Crippen LogP contribution in [0.3, 0.4) is 0 Å². The smallest absolute Gasteiger partial charge is 0.351 e. The van der Waals surface area contributed by atoms with Crippen molar-refractivity contribution in [2.45, 2.75) is 50.7 Å². The number of carbonyl (C=O) groups excluding carboxylic acids is 1. The molecule has 8 heteroatoms. The van der Waals surface area contributed by atoms with E-state index in [-0.39, 0.29) is 17.1 Å². The van der Waals surface area contributed by atoms with Crippen molar-refractivity contribution in [3.05, 3.63) is 58.1 Å². The summed E-state index contributed by atoms with van der Waals surface area (Å²) in [7, 11) is 0. The van der Waals surface area contributed by atoms with Crippen molar-refractivity contribution in [1.82, 2.24) is 9.55 Å². The Kier molecular flexibility index (Phi) is 3.96. The number of aliphatic hydroxyl groups excluding tert-OH is 1. The van der Waals surface area contributed by atoms with Crippen LogP contribution in [0.5, 0.6) is 0 Å². The number of amides is 1. The Hall–Kier alpha value is -2.55. The second kappa shape index (κ2) is 6.22. The standard InChI is InChI=1S/C21H23N3O5/c1-12-10-24(18-14-15(25)21(29-18,11-28-14)20(2)8-9-20)19(27)23-16(12)22-17(26)13-6-4-3-5-7-13/h3-7,10,14-15,18,25H,8-9,11H2,1-2H3,(H,22,23,26,27)/t14-,15?,18+,21-/m0/s1. The number of rotatable bonds is 4. The molecule has 3 heterocycles. The van der Waals surface area contributed by atoms with Crippen molar-refractivity contribution >= 4 is 11.7 Å². The Morgan fingerprint density at radius 2 is 2.03 bits per heavy atom. The van der Waals surface area contributed by atoms with E-state index in [2.05, 4.69) is 17.2 Å². The lowest BCUT2D eigenvalue weighted by Crippen LogP contribution is -2.48. The normalized spacial score (nSPS) is 31.6. The highest BCUT2D eigenvalue weighted by molar-refractivity contribution is 6.03. The van der Waals surface area contributed by atoms with Crippen LogP contribution in [0.15, 0.2) is 41.3 Å². The summed E-state index contributed by atoms with van der Waals surface area (Å²) in [6, 6.07) is 8.72. The number of ether oxygens (including phenoxy) is 2. The summed E-state index contributed by atoms with van der Waals surface area (Å²) < 4.78 is 13.4. The first kappa shape index (κ1) is 18.5. The highest BCUT2D eigenvalue weighted by Gasteiger charge is 2.72. The molecule has 1 aliphatic carbocycles. The van der Waals surface area contributed by atoms with Gasteiger partial charge < -0.3 is 19.9 Å². The molecule has 0 spiro atoms. The van der Waals surface area contributed by atoms with Crippen molar-refractivity contribution in [1.29, 1.82) is 0 Å². The number of aryl methyl sites for hydroxylation is 1. The maximum Gasteiger partial charge on any atom is 0.351 e. The van der Waals surface area contributed by atoms with E-state index in [1.54, 1.807) is 37.4 Å². The first-order chi connectivity index (χ1) is 13.8. The third-order valence-electron chi connectivity index (χ3n) is 6.59. The van der Waals surface area contributed by atoms with Crippen LogP contribution >= 0.6 is 0 Å². The molecular weight excluding hydrogens is 374 g/mol. The van der Waals surface area contributed by atoms with Crippen LogP contribution in [0.4, 0.5) is 5.82 Å². The van der Waals surface area contributed by atoms with Crippen LogP contribution in [0.2, 0.25) is 0 Å². The van der Waals surface area contributed by atoms with E-state index in [0.29, 0.717) is 17.7 Å². The van der Waals surface area contributed by atoms with E-state index in [4.69, 9.17) is 9.47 Å². The first-order valence-electron chi connectivity index (χ1n) is 9.78. The van der Waals surface area contributed by atoms with Crippen LogP contribution in [0, 0.1) is 12.3 Å². The highest BCUT2D eigenvalue weighted by Crippen LogP contribution is 2.63. The van der Waals surface area contributed by atoms with Gasteiger partial charge in [-0.1, -0.05) is 25.1 Å². The molecule has 1 amide bonds. The van der Waals surface area contributed by atoms with E-state index in [1.165, 1.54) is 4.57 Å². The summed E-state index contributed by atoms with van der Waals surface area (Å²) in [5, 5.41) is 13.5. The topological polar surface area (TPSA) is 103 Å². The number of hydrogen-bond donors (Lipinski definition) is 2. The summed E-state index contributed by atoms with van der Waals surface area (Å²) in [6.07, 6.45) is 1.38. The molecule has 2 aliphatic heterocycles. The molecule has 1 aromatic carbocycles.